The maximum Gasteiger partial charge on any atom is 0.264 e. The molecule has 3 aromatic carbocycles. The molecule has 1 heterocycles. The average Bonchev–Trinajstić information content (AvgIpc) is 2.78. The molecule has 0 radical (unpaired) electrons. The lowest BCUT2D eigenvalue weighted by Crippen LogP contribution is -2.38. The van der Waals surface area contributed by atoms with Crippen LogP contribution in [0.2, 0.25) is 0 Å². The minimum absolute atomic E-state index is 0.125. The number of amides is 1. The van der Waals surface area contributed by atoms with E-state index < -0.39 is 15.9 Å². The molecule has 3 aromatic rings. The Hall–Kier alpha value is -3.52. The summed E-state index contributed by atoms with van der Waals surface area (Å²) in [6, 6.07) is 17.1. The molecule has 0 bridgehead atoms. The van der Waals surface area contributed by atoms with E-state index in [9.17, 15) is 13.2 Å². The minimum atomic E-state index is -3.98. The molecule has 0 unspecified atom stereocenters. The van der Waals surface area contributed by atoms with Crippen molar-refractivity contribution in [2.24, 2.45) is 0 Å². The molecule has 1 aliphatic heterocycles. The fourth-order valence-corrected chi connectivity index (χ4v) is 5.16. The van der Waals surface area contributed by atoms with E-state index in [1.54, 1.807) is 48.5 Å². The Bertz CT molecular complexity index is 1290. The van der Waals surface area contributed by atoms with Gasteiger partial charge in [-0.3, -0.25) is 9.10 Å². The summed E-state index contributed by atoms with van der Waals surface area (Å²) in [6.45, 7) is 6.18. The number of nitrogens with zero attached hydrogens (tertiary/aromatic N) is 1. The zero-order valence-corrected chi connectivity index (χ0v) is 19.6. The molecule has 0 fully saturated rings. The number of benzene rings is 3. The van der Waals surface area contributed by atoms with E-state index in [-0.39, 0.29) is 11.4 Å². The van der Waals surface area contributed by atoms with E-state index in [2.05, 4.69) is 5.32 Å². The highest BCUT2D eigenvalue weighted by Crippen LogP contribution is 2.33. The Balaban J connectivity index is 1.64. The van der Waals surface area contributed by atoms with Gasteiger partial charge in [-0.25, -0.2) is 8.42 Å². The number of ether oxygens (including phenoxy) is 2. The molecule has 0 saturated carbocycles. The SMILES string of the molecule is Cc1ccc(S(=O)(=O)N(CC(=O)Nc2ccc3c(c2)OCCO3)c2ccc(C)cc2C)cc1. The number of hydrogen-bond acceptors (Lipinski definition) is 5. The second kappa shape index (κ2) is 9.15. The van der Waals surface area contributed by atoms with Gasteiger partial charge in [0.05, 0.1) is 10.6 Å². The van der Waals surface area contributed by atoms with Crippen LogP contribution in [0.15, 0.2) is 65.6 Å². The average molecular weight is 467 g/mol. The smallest absolute Gasteiger partial charge is 0.264 e. The van der Waals surface area contributed by atoms with Gasteiger partial charge in [0.25, 0.3) is 10.0 Å². The number of aryl methyl sites for hydroxylation is 3. The molecule has 7 nitrogen and oxygen atoms in total. The van der Waals surface area contributed by atoms with Crippen molar-refractivity contribution in [1.82, 2.24) is 0 Å². The maximum atomic E-state index is 13.6. The first kappa shape index (κ1) is 22.7. The van der Waals surface area contributed by atoms with Gasteiger partial charge in [-0.1, -0.05) is 35.4 Å². The van der Waals surface area contributed by atoms with E-state index >= 15 is 0 Å². The molecule has 0 spiro atoms. The van der Waals surface area contributed by atoms with Crippen LogP contribution in [-0.2, 0) is 14.8 Å². The Kier molecular flexibility index (Phi) is 6.29. The molecule has 1 amide bonds. The third-order valence-corrected chi connectivity index (χ3v) is 7.12. The fourth-order valence-electron chi connectivity index (χ4n) is 3.67. The van der Waals surface area contributed by atoms with Crippen LogP contribution in [0.1, 0.15) is 16.7 Å². The predicted octanol–water partition coefficient (Wildman–Crippen LogP) is 4.22. The van der Waals surface area contributed by atoms with Crippen molar-refractivity contribution in [3.05, 3.63) is 77.4 Å². The third-order valence-electron chi connectivity index (χ3n) is 5.34. The topological polar surface area (TPSA) is 84.9 Å². The molecule has 0 aliphatic carbocycles. The van der Waals surface area contributed by atoms with Gasteiger partial charge < -0.3 is 14.8 Å². The maximum absolute atomic E-state index is 13.6. The Morgan fingerprint density at radius 3 is 2.24 bits per heavy atom. The van der Waals surface area contributed by atoms with Crippen LogP contribution >= 0.6 is 0 Å². The first-order valence-corrected chi connectivity index (χ1v) is 12.0. The number of carbonyl (C=O) groups excluding carboxylic acids is 1. The largest absolute Gasteiger partial charge is 0.486 e. The van der Waals surface area contributed by atoms with E-state index in [4.69, 9.17) is 9.47 Å². The highest BCUT2D eigenvalue weighted by Gasteiger charge is 2.28. The predicted molar refractivity (Wildman–Crippen MR) is 128 cm³/mol. The molecular formula is C25H26N2O5S. The number of anilines is 2. The summed E-state index contributed by atoms with van der Waals surface area (Å²) in [5.74, 6) is 0.679. The molecule has 0 atom stereocenters. The molecule has 33 heavy (non-hydrogen) atoms. The molecule has 8 heteroatoms. The van der Waals surface area contributed by atoms with Crippen LogP contribution in [0.25, 0.3) is 0 Å². The summed E-state index contributed by atoms with van der Waals surface area (Å²) in [5.41, 5.74) is 3.67. The van der Waals surface area contributed by atoms with Gasteiger partial charge in [0.1, 0.15) is 19.8 Å². The van der Waals surface area contributed by atoms with Crippen molar-refractivity contribution in [1.29, 1.82) is 0 Å². The second-order valence-electron chi connectivity index (χ2n) is 8.02. The van der Waals surface area contributed by atoms with E-state index in [0.717, 1.165) is 21.0 Å². The summed E-state index contributed by atoms with van der Waals surface area (Å²) >= 11 is 0. The van der Waals surface area contributed by atoms with Crippen LogP contribution in [0.4, 0.5) is 11.4 Å². The van der Waals surface area contributed by atoms with Gasteiger partial charge in [-0.15, -0.1) is 0 Å². The number of carbonyl (C=O) groups is 1. The lowest BCUT2D eigenvalue weighted by molar-refractivity contribution is -0.114. The van der Waals surface area contributed by atoms with Crippen molar-refractivity contribution in [3.8, 4) is 11.5 Å². The quantitative estimate of drug-likeness (QED) is 0.588. The molecule has 1 aliphatic rings. The molecular weight excluding hydrogens is 440 g/mol. The molecule has 4 rings (SSSR count). The monoisotopic (exact) mass is 466 g/mol. The third kappa shape index (κ3) is 4.96. The lowest BCUT2D eigenvalue weighted by atomic mass is 10.1. The Labute approximate surface area is 194 Å². The number of rotatable bonds is 6. The summed E-state index contributed by atoms with van der Waals surface area (Å²) in [4.78, 5) is 13.1. The number of sulfonamides is 1. The highest BCUT2D eigenvalue weighted by atomic mass is 32.2. The second-order valence-corrected chi connectivity index (χ2v) is 9.88. The Morgan fingerprint density at radius 2 is 1.55 bits per heavy atom. The highest BCUT2D eigenvalue weighted by molar-refractivity contribution is 7.92. The summed E-state index contributed by atoms with van der Waals surface area (Å²) in [6.07, 6.45) is 0. The van der Waals surface area contributed by atoms with Crippen LogP contribution in [0.3, 0.4) is 0 Å². The van der Waals surface area contributed by atoms with E-state index in [0.29, 0.717) is 36.1 Å². The fraction of sp³-hybridized carbons (Fsp3) is 0.240. The summed E-state index contributed by atoms with van der Waals surface area (Å²) in [5, 5.41) is 2.78. The minimum Gasteiger partial charge on any atom is -0.486 e. The zero-order valence-electron chi connectivity index (χ0n) is 18.8. The van der Waals surface area contributed by atoms with E-state index in [1.165, 1.54) is 0 Å². The van der Waals surface area contributed by atoms with Crippen molar-refractivity contribution >= 4 is 27.3 Å². The van der Waals surface area contributed by atoms with Gasteiger partial charge in [-0.05, 0) is 56.7 Å². The molecule has 172 valence electrons. The molecule has 0 aromatic heterocycles. The Morgan fingerprint density at radius 1 is 0.879 bits per heavy atom. The standard InChI is InChI=1S/C25H26N2O5S/c1-17-4-8-21(9-5-17)33(29,30)27(22-10-6-18(2)14-19(22)3)16-25(28)26-20-7-11-23-24(15-20)32-13-12-31-23/h4-11,14-15H,12-13,16H2,1-3H3,(H,26,28). The van der Waals surface area contributed by atoms with Crippen LogP contribution in [0, 0.1) is 20.8 Å². The van der Waals surface area contributed by atoms with Gasteiger partial charge in [0, 0.05) is 11.8 Å². The number of hydrogen-bond donors (Lipinski definition) is 1. The van der Waals surface area contributed by atoms with Gasteiger partial charge in [0.2, 0.25) is 5.91 Å². The van der Waals surface area contributed by atoms with Crippen molar-refractivity contribution in [3.63, 3.8) is 0 Å². The van der Waals surface area contributed by atoms with Crippen LogP contribution < -0.4 is 19.1 Å². The van der Waals surface area contributed by atoms with Crippen LogP contribution in [0.5, 0.6) is 11.5 Å². The first-order valence-electron chi connectivity index (χ1n) is 10.6. The van der Waals surface area contributed by atoms with Gasteiger partial charge in [-0.2, -0.15) is 0 Å². The van der Waals surface area contributed by atoms with Crippen LogP contribution in [-0.4, -0.2) is 34.1 Å². The zero-order chi connectivity index (χ0) is 23.6. The lowest BCUT2D eigenvalue weighted by Gasteiger charge is -2.26. The van der Waals surface area contributed by atoms with Crippen molar-refractivity contribution < 1.29 is 22.7 Å². The van der Waals surface area contributed by atoms with Gasteiger partial charge in [0.15, 0.2) is 11.5 Å². The number of fused-ring (bicyclic) bond motifs is 1. The normalized spacial score (nSPS) is 12.8. The number of nitrogens with one attached hydrogen (secondary N) is 1. The summed E-state index contributed by atoms with van der Waals surface area (Å²) < 4.78 is 39.4. The van der Waals surface area contributed by atoms with Crippen molar-refractivity contribution in [2.75, 3.05) is 29.4 Å². The first-order chi connectivity index (χ1) is 15.7. The summed E-state index contributed by atoms with van der Waals surface area (Å²) in [7, 11) is -3.98. The van der Waals surface area contributed by atoms with E-state index in [1.807, 2.05) is 32.9 Å². The molecule has 1 N–H and O–H groups in total. The van der Waals surface area contributed by atoms with Gasteiger partial charge >= 0.3 is 0 Å². The van der Waals surface area contributed by atoms with Crippen molar-refractivity contribution in [2.45, 2.75) is 25.7 Å². The molecule has 0 saturated heterocycles.